The molecular weight excluding hydrogens is 384 g/mol. The normalized spacial score (nSPS) is 15.9. The Morgan fingerprint density at radius 2 is 1.93 bits per heavy atom. The summed E-state index contributed by atoms with van der Waals surface area (Å²) < 4.78 is 12.3. The third-order valence-electron chi connectivity index (χ3n) is 5.65. The van der Waals surface area contributed by atoms with E-state index in [4.69, 9.17) is 9.47 Å². The molecule has 1 fully saturated rings. The monoisotopic (exact) mass is 408 g/mol. The second-order valence-electron chi connectivity index (χ2n) is 7.57. The molecule has 0 unspecified atom stereocenters. The second kappa shape index (κ2) is 8.05. The number of hydrogen-bond donors (Lipinski definition) is 0. The van der Waals surface area contributed by atoms with E-state index >= 15 is 0 Å². The van der Waals surface area contributed by atoms with Gasteiger partial charge < -0.3 is 19.3 Å². The Kier molecular flexibility index (Phi) is 5.12. The van der Waals surface area contributed by atoms with Crippen LogP contribution in [0.25, 0.3) is 10.1 Å². The van der Waals surface area contributed by atoms with Crippen LogP contribution in [0.5, 0.6) is 11.5 Å². The molecule has 5 rings (SSSR count). The zero-order valence-corrected chi connectivity index (χ0v) is 17.1. The maximum atomic E-state index is 13.5. The molecule has 3 heterocycles. The van der Waals surface area contributed by atoms with Crippen LogP contribution in [-0.4, -0.2) is 48.7 Å². The molecule has 0 radical (unpaired) electrons. The molecule has 1 aromatic heterocycles. The largest absolute Gasteiger partial charge is 0.454 e. The van der Waals surface area contributed by atoms with E-state index in [0.29, 0.717) is 13.1 Å². The minimum atomic E-state index is 0.0851. The van der Waals surface area contributed by atoms with Gasteiger partial charge in [-0.25, -0.2) is 0 Å². The van der Waals surface area contributed by atoms with Crippen LogP contribution in [0.4, 0.5) is 0 Å². The predicted molar refractivity (Wildman–Crippen MR) is 115 cm³/mol. The summed E-state index contributed by atoms with van der Waals surface area (Å²) in [5, 5.41) is 1.12. The van der Waals surface area contributed by atoms with Gasteiger partial charge in [-0.1, -0.05) is 30.3 Å². The Labute approximate surface area is 174 Å². The molecule has 0 spiro atoms. The highest BCUT2D eigenvalue weighted by molar-refractivity contribution is 7.20. The number of ether oxygens (including phenoxy) is 2. The number of carbonyl (C=O) groups is 1. The third-order valence-corrected chi connectivity index (χ3v) is 6.75. The van der Waals surface area contributed by atoms with E-state index in [9.17, 15) is 4.79 Å². The van der Waals surface area contributed by atoms with Crippen molar-refractivity contribution in [2.75, 3.05) is 33.0 Å². The van der Waals surface area contributed by atoms with Gasteiger partial charge in [-0.15, -0.1) is 11.3 Å². The first kappa shape index (κ1) is 18.5. The van der Waals surface area contributed by atoms with Crippen molar-refractivity contribution in [2.45, 2.75) is 19.4 Å². The number of amides is 1. The minimum Gasteiger partial charge on any atom is -0.454 e. The number of rotatable bonds is 6. The van der Waals surface area contributed by atoms with Gasteiger partial charge in [0.25, 0.3) is 5.91 Å². The zero-order chi connectivity index (χ0) is 19.6. The lowest BCUT2D eigenvalue weighted by molar-refractivity contribution is 0.0730. The van der Waals surface area contributed by atoms with E-state index < -0.39 is 0 Å². The number of fused-ring (bicyclic) bond motifs is 2. The molecule has 0 saturated carbocycles. The summed E-state index contributed by atoms with van der Waals surface area (Å²) in [7, 11) is 0. The number of para-hydroxylation sites is 1. The lowest BCUT2D eigenvalue weighted by Gasteiger charge is -2.25. The Morgan fingerprint density at radius 3 is 2.79 bits per heavy atom. The van der Waals surface area contributed by atoms with Crippen LogP contribution in [-0.2, 0) is 6.54 Å². The maximum Gasteiger partial charge on any atom is 0.264 e. The number of likely N-dealkylation sites (tertiary alicyclic amines) is 1. The van der Waals surface area contributed by atoms with Gasteiger partial charge in [0.2, 0.25) is 6.79 Å². The molecule has 150 valence electrons. The van der Waals surface area contributed by atoms with Crippen LogP contribution in [0.15, 0.2) is 48.5 Å². The molecular formula is C23H24N2O3S. The summed E-state index contributed by atoms with van der Waals surface area (Å²) in [6.45, 7) is 4.63. The highest BCUT2D eigenvalue weighted by Crippen LogP contribution is 2.36. The molecule has 5 nitrogen and oxygen atoms in total. The number of benzene rings is 2. The highest BCUT2D eigenvalue weighted by Gasteiger charge is 2.24. The minimum absolute atomic E-state index is 0.0851. The Morgan fingerprint density at radius 1 is 1.07 bits per heavy atom. The summed E-state index contributed by atoms with van der Waals surface area (Å²) in [6, 6.07) is 16.1. The van der Waals surface area contributed by atoms with Gasteiger partial charge in [0, 0.05) is 29.9 Å². The summed E-state index contributed by atoms with van der Waals surface area (Å²) >= 11 is 1.57. The van der Waals surface area contributed by atoms with Crippen LogP contribution < -0.4 is 9.47 Å². The van der Waals surface area contributed by atoms with Crippen molar-refractivity contribution in [2.24, 2.45) is 0 Å². The average molecular weight is 409 g/mol. The van der Waals surface area contributed by atoms with Crippen molar-refractivity contribution >= 4 is 27.3 Å². The molecule has 1 saturated heterocycles. The van der Waals surface area contributed by atoms with Crippen molar-refractivity contribution in [1.29, 1.82) is 0 Å². The SMILES string of the molecule is O=C(c1cc2ccccc2s1)N(CCN1CCCC1)Cc1cccc2c1OCO2. The Bertz CT molecular complexity index is 993. The van der Waals surface area contributed by atoms with Gasteiger partial charge in [0.05, 0.1) is 4.88 Å². The summed E-state index contributed by atoms with van der Waals surface area (Å²) in [4.78, 5) is 18.7. The van der Waals surface area contributed by atoms with Gasteiger partial charge in [0.15, 0.2) is 11.5 Å². The number of carbonyl (C=O) groups excluding carboxylic acids is 1. The average Bonchev–Trinajstić information content (AvgIpc) is 3.50. The molecule has 2 aromatic carbocycles. The van der Waals surface area contributed by atoms with Gasteiger partial charge in [-0.3, -0.25) is 4.79 Å². The smallest absolute Gasteiger partial charge is 0.264 e. The molecule has 2 aliphatic rings. The number of thiophene rings is 1. The zero-order valence-electron chi connectivity index (χ0n) is 16.3. The fourth-order valence-corrected chi connectivity index (χ4v) is 5.12. The summed E-state index contributed by atoms with van der Waals surface area (Å²) in [6.07, 6.45) is 2.50. The first-order valence-electron chi connectivity index (χ1n) is 10.2. The third kappa shape index (κ3) is 3.82. The molecule has 0 bridgehead atoms. The lowest BCUT2D eigenvalue weighted by Crippen LogP contribution is -2.37. The Hall–Kier alpha value is -2.57. The van der Waals surface area contributed by atoms with Crippen LogP contribution in [0, 0.1) is 0 Å². The second-order valence-corrected chi connectivity index (χ2v) is 8.66. The van der Waals surface area contributed by atoms with E-state index in [-0.39, 0.29) is 12.7 Å². The predicted octanol–water partition coefficient (Wildman–Crippen LogP) is 4.37. The quantitative estimate of drug-likeness (QED) is 0.607. The van der Waals surface area contributed by atoms with Crippen molar-refractivity contribution in [3.8, 4) is 11.5 Å². The van der Waals surface area contributed by atoms with Crippen molar-refractivity contribution in [3.05, 3.63) is 59.0 Å². The molecule has 29 heavy (non-hydrogen) atoms. The van der Waals surface area contributed by atoms with E-state index in [1.165, 1.54) is 12.8 Å². The topological polar surface area (TPSA) is 42.0 Å². The lowest BCUT2D eigenvalue weighted by atomic mass is 10.1. The van der Waals surface area contributed by atoms with E-state index in [0.717, 1.165) is 51.7 Å². The molecule has 0 aliphatic carbocycles. The molecule has 3 aromatic rings. The van der Waals surface area contributed by atoms with Crippen LogP contribution in [0.3, 0.4) is 0 Å². The molecule has 0 N–H and O–H groups in total. The highest BCUT2D eigenvalue weighted by atomic mass is 32.1. The van der Waals surface area contributed by atoms with Crippen LogP contribution in [0.2, 0.25) is 0 Å². The van der Waals surface area contributed by atoms with Crippen molar-refractivity contribution in [1.82, 2.24) is 9.80 Å². The van der Waals surface area contributed by atoms with Gasteiger partial charge >= 0.3 is 0 Å². The Balaban J connectivity index is 1.41. The fourth-order valence-electron chi connectivity index (χ4n) is 4.08. The van der Waals surface area contributed by atoms with E-state index in [1.54, 1.807) is 11.3 Å². The van der Waals surface area contributed by atoms with Gasteiger partial charge in [-0.05, 0) is 49.5 Å². The number of nitrogens with zero attached hydrogens (tertiary/aromatic N) is 2. The standard InChI is InChI=1S/C23H24N2O3S/c26-23(21-14-17-6-1-2-9-20(17)29-21)25(13-12-24-10-3-4-11-24)15-18-7-5-8-19-22(18)28-16-27-19/h1-2,5-9,14H,3-4,10-13,15-16H2. The van der Waals surface area contributed by atoms with Crippen LogP contribution >= 0.6 is 11.3 Å². The molecule has 6 heteroatoms. The number of hydrogen-bond acceptors (Lipinski definition) is 5. The molecule has 0 atom stereocenters. The first-order valence-corrected chi connectivity index (χ1v) is 11.0. The summed E-state index contributed by atoms with van der Waals surface area (Å²) in [5.74, 6) is 1.61. The summed E-state index contributed by atoms with van der Waals surface area (Å²) in [5.41, 5.74) is 0.996. The van der Waals surface area contributed by atoms with Crippen LogP contribution in [0.1, 0.15) is 28.1 Å². The molecule has 1 amide bonds. The molecule has 2 aliphatic heterocycles. The fraction of sp³-hybridized carbons (Fsp3) is 0.348. The van der Waals surface area contributed by atoms with Crippen molar-refractivity contribution in [3.63, 3.8) is 0 Å². The van der Waals surface area contributed by atoms with Gasteiger partial charge in [-0.2, -0.15) is 0 Å². The first-order chi connectivity index (χ1) is 14.3. The van der Waals surface area contributed by atoms with E-state index in [2.05, 4.69) is 17.0 Å². The van der Waals surface area contributed by atoms with Gasteiger partial charge in [0.1, 0.15) is 0 Å². The van der Waals surface area contributed by atoms with Crippen molar-refractivity contribution < 1.29 is 14.3 Å². The maximum absolute atomic E-state index is 13.5. The van der Waals surface area contributed by atoms with E-state index in [1.807, 2.05) is 41.3 Å².